The van der Waals surface area contributed by atoms with Crippen LogP contribution in [0.4, 0.5) is 0 Å². The third-order valence-corrected chi connectivity index (χ3v) is 5.62. The number of methoxy groups -OCH3 is 1. The lowest BCUT2D eigenvalue weighted by atomic mass is 10.3. The molecule has 10 nitrogen and oxygen atoms in total. The number of aromatic nitrogens is 2. The molecule has 1 aliphatic rings. The van der Waals surface area contributed by atoms with Crippen LogP contribution in [0.3, 0.4) is 0 Å². The van der Waals surface area contributed by atoms with Gasteiger partial charge in [-0.1, -0.05) is 4.45 Å². The Kier molecular flexibility index (Phi) is 5.54. The van der Waals surface area contributed by atoms with Crippen molar-refractivity contribution in [3.63, 3.8) is 0 Å². The predicted molar refractivity (Wildman–Crippen MR) is 73.1 cm³/mol. The van der Waals surface area contributed by atoms with Crippen LogP contribution in [0.5, 0.6) is 0 Å². The molecule has 1 heterocycles. The van der Waals surface area contributed by atoms with Crippen molar-refractivity contribution in [2.24, 2.45) is 0 Å². The minimum absolute atomic E-state index is 0.0206. The van der Waals surface area contributed by atoms with Crippen LogP contribution in [-0.4, -0.2) is 30.9 Å². The molecular weight excluding hydrogens is 347 g/mol. The Morgan fingerprint density at radius 3 is 2.24 bits per heavy atom. The lowest BCUT2D eigenvalue weighted by Crippen LogP contribution is -2.15. The van der Waals surface area contributed by atoms with E-state index in [4.69, 9.17) is 17.1 Å². The summed E-state index contributed by atoms with van der Waals surface area (Å²) < 4.78 is 42.1. The van der Waals surface area contributed by atoms with Gasteiger partial charge in [-0.3, -0.25) is 8.37 Å². The van der Waals surface area contributed by atoms with Gasteiger partial charge in [0.25, 0.3) is 5.89 Å². The summed E-state index contributed by atoms with van der Waals surface area (Å²) in [6.07, 6.45) is 1.30. The summed E-state index contributed by atoms with van der Waals surface area (Å²) in [4.78, 5) is 11.8. The normalized spacial score (nSPS) is 17.1. The molecule has 21 heavy (non-hydrogen) atoms. The van der Waals surface area contributed by atoms with E-state index in [1.54, 1.807) is 0 Å². The van der Waals surface area contributed by atoms with E-state index in [9.17, 15) is 9.36 Å². The van der Waals surface area contributed by atoms with Gasteiger partial charge in [-0.15, -0.1) is 5.10 Å². The number of hydrogen-bond donors (Lipinski definition) is 0. The van der Waals surface area contributed by atoms with Crippen LogP contribution in [0.15, 0.2) is 9.21 Å². The monoisotopic (exact) mass is 360 g/mol. The maximum atomic E-state index is 12.6. The van der Waals surface area contributed by atoms with Crippen LogP contribution in [0, 0.1) is 0 Å². The first-order valence-electron chi connectivity index (χ1n) is 5.56. The van der Waals surface area contributed by atoms with Crippen molar-refractivity contribution in [1.29, 1.82) is 0 Å². The highest BCUT2D eigenvalue weighted by molar-refractivity contribution is 7.97. The van der Waals surface area contributed by atoms with E-state index in [0.29, 0.717) is 41.9 Å². The molecule has 1 aromatic heterocycles. The highest BCUT2D eigenvalue weighted by atomic mass is 32.2. The van der Waals surface area contributed by atoms with Gasteiger partial charge in [0.05, 0.1) is 14.2 Å². The average molecular weight is 360 g/mol. The molecule has 1 aliphatic carbocycles. The molecule has 0 radical (unpaired) electrons. The Balaban J connectivity index is 2.31. The molecule has 0 aromatic carbocycles. The highest BCUT2D eigenvalue weighted by Crippen LogP contribution is 2.55. The summed E-state index contributed by atoms with van der Waals surface area (Å²) >= 11 is 0.755. The topological polar surface area (TPSA) is 111 Å². The number of nitrogens with zero attached hydrogens (tertiary/aromatic N) is 2. The van der Waals surface area contributed by atoms with Gasteiger partial charge in [-0.25, -0.2) is 9.36 Å². The standard InChI is InChI=1S/C8H13N2O8PS2/c1-13-8(4-5-8)6-9-10(7(11)16-6)19(12,17-20-14-2)18-21-15-3/h4-5H2,1-3H3. The molecule has 120 valence electrons. The number of hydrogen-bond acceptors (Lipinski definition) is 11. The molecule has 1 saturated carbocycles. The van der Waals surface area contributed by atoms with E-state index in [0.717, 1.165) is 0 Å². The molecule has 0 spiro atoms. The SMILES string of the molecule is COSOP(=O)(OSOC)n1nc(C2(OC)CC2)oc1=O. The molecule has 0 saturated heterocycles. The van der Waals surface area contributed by atoms with Crippen LogP contribution in [0.1, 0.15) is 18.7 Å². The van der Waals surface area contributed by atoms with Crippen molar-refractivity contribution in [1.82, 2.24) is 9.55 Å². The average Bonchev–Trinajstić information content (AvgIpc) is 3.19. The van der Waals surface area contributed by atoms with Gasteiger partial charge in [0, 0.05) is 7.11 Å². The smallest absolute Gasteiger partial charge is 0.389 e. The highest BCUT2D eigenvalue weighted by Gasteiger charge is 2.51. The zero-order valence-electron chi connectivity index (χ0n) is 11.3. The van der Waals surface area contributed by atoms with Crippen molar-refractivity contribution in [3.05, 3.63) is 16.4 Å². The fraction of sp³-hybridized carbons (Fsp3) is 0.750. The van der Waals surface area contributed by atoms with E-state index in [1.165, 1.54) is 21.3 Å². The first-order valence-corrected chi connectivity index (χ1v) is 8.39. The molecule has 0 bridgehead atoms. The molecule has 0 atom stereocenters. The fourth-order valence-corrected chi connectivity index (χ4v) is 3.80. The van der Waals surface area contributed by atoms with Crippen LogP contribution < -0.4 is 5.76 Å². The van der Waals surface area contributed by atoms with Gasteiger partial charge >= 0.3 is 13.5 Å². The quantitative estimate of drug-likeness (QED) is 0.475. The maximum absolute atomic E-state index is 12.6. The Morgan fingerprint density at radius 2 is 1.81 bits per heavy atom. The molecule has 2 rings (SSSR count). The van der Waals surface area contributed by atoms with Crippen LogP contribution >= 0.6 is 32.4 Å². The minimum atomic E-state index is -4.15. The lowest BCUT2D eigenvalue weighted by Gasteiger charge is -2.12. The number of rotatable bonds is 9. The van der Waals surface area contributed by atoms with Gasteiger partial charge in [0.2, 0.25) is 0 Å². The summed E-state index contributed by atoms with van der Waals surface area (Å²) in [6.45, 7) is 0. The molecule has 0 amide bonds. The minimum Gasteiger partial charge on any atom is -0.389 e. The third-order valence-electron chi connectivity index (χ3n) is 2.63. The summed E-state index contributed by atoms with van der Waals surface area (Å²) in [5.74, 6) is -0.975. The first kappa shape index (κ1) is 17.0. The van der Waals surface area contributed by atoms with E-state index >= 15 is 0 Å². The Hall–Kier alpha value is -0.330. The van der Waals surface area contributed by atoms with E-state index in [-0.39, 0.29) is 5.89 Å². The van der Waals surface area contributed by atoms with E-state index in [1.807, 2.05) is 0 Å². The molecule has 0 aliphatic heterocycles. The summed E-state index contributed by atoms with van der Waals surface area (Å²) in [5.41, 5.74) is -0.752. The van der Waals surface area contributed by atoms with Crippen LogP contribution in [0.25, 0.3) is 0 Å². The third kappa shape index (κ3) is 3.54. The second kappa shape index (κ2) is 6.84. The van der Waals surface area contributed by atoms with Gasteiger partial charge in [-0.05, 0) is 12.8 Å². The summed E-state index contributed by atoms with van der Waals surface area (Å²) in [5, 5.41) is 3.85. The van der Waals surface area contributed by atoms with Gasteiger partial charge in [0.15, 0.2) is 24.6 Å². The Morgan fingerprint density at radius 1 is 1.24 bits per heavy atom. The zero-order chi connectivity index (χ0) is 15.5. The van der Waals surface area contributed by atoms with E-state index in [2.05, 4.69) is 13.5 Å². The van der Waals surface area contributed by atoms with Crippen LogP contribution in [0.2, 0.25) is 0 Å². The van der Waals surface area contributed by atoms with Crippen LogP contribution in [-0.2, 0) is 31.2 Å². The second-order valence-electron chi connectivity index (χ2n) is 3.85. The number of ether oxygens (including phenoxy) is 1. The predicted octanol–water partition coefficient (Wildman–Crippen LogP) is 1.88. The largest absolute Gasteiger partial charge is 0.487 e. The maximum Gasteiger partial charge on any atom is 0.487 e. The first-order chi connectivity index (χ1) is 10.0. The van der Waals surface area contributed by atoms with Crippen molar-refractivity contribution < 1.29 is 30.0 Å². The summed E-state index contributed by atoms with van der Waals surface area (Å²) in [6, 6.07) is 0. The Bertz CT molecular complexity index is 573. The van der Waals surface area contributed by atoms with E-state index < -0.39 is 19.1 Å². The molecule has 0 N–H and O–H groups in total. The molecule has 1 aromatic rings. The summed E-state index contributed by atoms with van der Waals surface area (Å²) in [7, 11) is -0.0992. The second-order valence-corrected chi connectivity index (χ2v) is 7.30. The van der Waals surface area contributed by atoms with Crippen molar-refractivity contribution in [2.45, 2.75) is 18.4 Å². The van der Waals surface area contributed by atoms with Crippen molar-refractivity contribution >= 4 is 32.4 Å². The fourth-order valence-electron chi connectivity index (χ4n) is 1.44. The van der Waals surface area contributed by atoms with Gasteiger partial charge in [-0.2, -0.15) is 7.94 Å². The molecule has 0 unspecified atom stereocenters. The Labute approximate surface area is 128 Å². The van der Waals surface area contributed by atoms with Gasteiger partial charge in [0.1, 0.15) is 5.60 Å². The molecular formula is C8H13N2O8PS2. The van der Waals surface area contributed by atoms with Gasteiger partial charge < -0.3 is 9.15 Å². The molecule has 13 heteroatoms. The molecule has 1 fully saturated rings. The zero-order valence-corrected chi connectivity index (χ0v) is 13.9. The lowest BCUT2D eigenvalue weighted by molar-refractivity contribution is 0.0534. The van der Waals surface area contributed by atoms with Crippen molar-refractivity contribution in [3.8, 4) is 0 Å². The van der Waals surface area contributed by atoms with Crippen molar-refractivity contribution in [2.75, 3.05) is 21.3 Å².